The first-order valence-electron chi connectivity index (χ1n) is 2.60. The Morgan fingerprint density at radius 1 is 1.67 bits per heavy atom. The van der Waals surface area contributed by atoms with E-state index in [1.807, 2.05) is 0 Å². The maximum atomic E-state index is 10.6. The lowest BCUT2D eigenvalue weighted by Crippen LogP contribution is -2.09. The summed E-state index contributed by atoms with van der Waals surface area (Å²) in [5.41, 5.74) is -0.656. The highest BCUT2D eigenvalue weighted by Crippen LogP contribution is 2.36. The van der Waals surface area contributed by atoms with Crippen molar-refractivity contribution in [3.05, 3.63) is 0 Å². The van der Waals surface area contributed by atoms with Gasteiger partial charge in [0.05, 0.1) is 0 Å². The normalized spacial score (nSPS) is 37.7. The van der Waals surface area contributed by atoms with E-state index >= 15 is 0 Å². The van der Waals surface area contributed by atoms with Crippen molar-refractivity contribution >= 4 is 18.2 Å². The SMILES string of the molecule is CC12C=NC(=O)N1C2=O. The van der Waals surface area contributed by atoms with Crippen molar-refractivity contribution < 1.29 is 9.59 Å². The molecule has 4 nitrogen and oxygen atoms in total. The zero-order valence-electron chi connectivity index (χ0n) is 4.79. The van der Waals surface area contributed by atoms with E-state index < -0.39 is 11.6 Å². The number of carbonyl (C=O) groups is 2. The molecule has 2 rings (SSSR count). The molecule has 0 aromatic heterocycles. The Kier molecular flexibility index (Phi) is 0.477. The molecule has 9 heavy (non-hydrogen) atoms. The number of hydrogen-bond donors (Lipinski definition) is 0. The zero-order valence-corrected chi connectivity index (χ0v) is 4.79. The van der Waals surface area contributed by atoms with Crippen LogP contribution in [0.2, 0.25) is 0 Å². The topological polar surface area (TPSA) is 49.5 Å². The van der Waals surface area contributed by atoms with Crippen molar-refractivity contribution in [3.8, 4) is 0 Å². The maximum absolute atomic E-state index is 10.6. The first-order valence-corrected chi connectivity index (χ1v) is 2.60. The van der Waals surface area contributed by atoms with Crippen LogP contribution in [0, 0.1) is 0 Å². The smallest absolute Gasteiger partial charge is 0.271 e. The van der Waals surface area contributed by atoms with Gasteiger partial charge in [0.1, 0.15) is 0 Å². The zero-order chi connectivity index (χ0) is 6.65. The van der Waals surface area contributed by atoms with Crippen molar-refractivity contribution in [2.45, 2.75) is 12.5 Å². The number of urea groups is 1. The van der Waals surface area contributed by atoms with Crippen LogP contribution in [0.15, 0.2) is 4.99 Å². The predicted octanol–water partition coefficient (Wildman–Crippen LogP) is -0.208. The molecule has 0 bridgehead atoms. The summed E-state index contributed by atoms with van der Waals surface area (Å²) in [5, 5.41) is 0. The summed E-state index contributed by atoms with van der Waals surface area (Å²) >= 11 is 0. The van der Waals surface area contributed by atoms with Gasteiger partial charge in [-0.25, -0.2) is 14.7 Å². The number of rotatable bonds is 0. The van der Waals surface area contributed by atoms with Gasteiger partial charge in [-0.05, 0) is 6.92 Å². The van der Waals surface area contributed by atoms with E-state index in [-0.39, 0.29) is 5.91 Å². The Morgan fingerprint density at radius 2 is 2.33 bits per heavy atom. The van der Waals surface area contributed by atoms with Gasteiger partial charge in [0.25, 0.3) is 5.91 Å². The predicted molar refractivity (Wildman–Crippen MR) is 29.1 cm³/mol. The lowest BCUT2D eigenvalue weighted by atomic mass is 10.2. The Bertz CT molecular complexity index is 245. The van der Waals surface area contributed by atoms with Crippen LogP contribution in [-0.2, 0) is 4.79 Å². The maximum Gasteiger partial charge on any atom is 0.351 e. The summed E-state index contributed by atoms with van der Waals surface area (Å²) in [6.45, 7) is 1.67. The molecule has 0 spiro atoms. The average molecular weight is 124 g/mol. The molecule has 0 aromatic rings. The molecule has 4 heteroatoms. The summed E-state index contributed by atoms with van der Waals surface area (Å²) in [5.74, 6) is -0.137. The number of carbonyl (C=O) groups excluding carboxylic acids is 2. The Morgan fingerprint density at radius 3 is 2.56 bits per heavy atom. The Hall–Kier alpha value is -1.19. The van der Waals surface area contributed by atoms with Crippen LogP contribution in [0.25, 0.3) is 0 Å². The van der Waals surface area contributed by atoms with Crippen LogP contribution in [0.4, 0.5) is 4.79 Å². The van der Waals surface area contributed by atoms with Crippen molar-refractivity contribution in [1.82, 2.24) is 4.90 Å². The van der Waals surface area contributed by atoms with Gasteiger partial charge in [-0.3, -0.25) is 4.79 Å². The van der Waals surface area contributed by atoms with Crippen LogP contribution in [0.3, 0.4) is 0 Å². The van der Waals surface area contributed by atoms with Crippen LogP contribution < -0.4 is 0 Å². The summed E-state index contributed by atoms with van der Waals surface area (Å²) in [6.07, 6.45) is 1.39. The minimum Gasteiger partial charge on any atom is -0.271 e. The molecule has 0 aromatic carbocycles. The molecule has 3 amide bonds. The molecule has 1 saturated heterocycles. The number of aliphatic imine (C=N–C) groups is 1. The van der Waals surface area contributed by atoms with Gasteiger partial charge in [-0.2, -0.15) is 0 Å². The molecule has 46 valence electrons. The molecule has 2 aliphatic heterocycles. The van der Waals surface area contributed by atoms with E-state index in [1.165, 1.54) is 6.21 Å². The van der Waals surface area contributed by atoms with Gasteiger partial charge < -0.3 is 0 Å². The van der Waals surface area contributed by atoms with E-state index in [9.17, 15) is 9.59 Å². The molecule has 0 N–H and O–H groups in total. The Balaban J connectivity index is 2.49. The fourth-order valence-corrected chi connectivity index (χ4v) is 0.956. The van der Waals surface area contributed by atoms with Crippen molar-refractivity contribution in [2.75, 3.05) is 0 Å². The van der Waals surface area contributed by atoms with Gasteiger partial charge in [0.2, 0.25) is 0 Å². The Labute approximate surface area is 51.2 Å². The molecule has 1 atom stereocenters. The standard InChI is InChI=1S/C5H4N2O2/c1-5-2-6-4(9)7(5)3(5)8/h2H,1H3. The highest BCUT2D eigenvalue weighted by molar-refractivity contribution is 6.30. The third kappa shape index (κ3) is 0.303. The lowest BCUT2D eigenvalue weighted by molar-refractivity contribution is -0.113. The minimum absolute atomic E-state index is 0.137. The second-order valence-corrected chi connectivity index (χ2v) is 2.33. The fourth-order valence-electron chi connectivity index (χ4n) is 0.956. The molecule has 1 unspecified atom stereocenters. The molecule has 0 saturated carbocycles. The third-order valence-corrected chi connectivity index (χ3v) is 1.67. The first kappa shape index (κ1) is 4.67. The van der Waals surface area contributed by atoms with Gasteiger partial charge >= 0.3 is 6.03 Å². The molecule has 1 fully saturated rings. The summed E-state index contributed by atoms with van der Waals surface area (Å²) in [6, 6.07) is -0.428. The van der Waals surface area contributed by atoms with Gasteiger partial charge in [0, 0.05) is 6.21 Å². The van der Waals surface area contributed by atoms with Crippen molar-refractivity contribution in [3.63, 3.8) is 0 Å². The highest BCUT2D eigenvalue weighted by Gasteiger charge is 2.65. The van der Waals surface area contributed by atoms with Crippen LogP contribution in [-0.4, -0.2) is 28.6 Å². The van der Waals surface area contributed by atoms with E-state index in [4.69, 9.17) is 0 Å². The van der Waals surface area contributed by atoms with E-state index in [1.54, 1.807) is 6.92 Å². The quantitative estimate of drug-likeness (QED) is 0.419. The van der Waals surface area contributed by atoms with Crippen molar-refractivity contribution in [1.29, 1.82) is 0 Å². The molecular weight excluding hydrogens is 120 g/mol. The summed E-state index contributed by atoms with van der Waals surface area (Å²) in [7, 11) is 0. The van der Waals surface area contributed by atoms with Crippen LogP contribution >= 0.6 is 0 Å². The van der Waals surface area contributed by atoms with Crippen LogP contribution in [0.5, 0.6) is 0 Å². The van der Waals surface area contributed by atoms with Crippen molar-refractivity contribution in [2.24, 2.45) is 4.99 Å². The lowest BCUT2D eigenvalue weighted by Gasteiger charge is -1.85. The first-order chi connectivity index (χ1) is 4.16. The number of fused-ring (bicyclic) bond motifs is 1. The number of nitrogens with zero attached hydrogens (tertiary/aromatic N) is 2. The average Bonchev–Trinajstić information content (AvgIpc) is 2.13. The monoisotopic (exact) mass is 124 g/mol. The van der Waals surface area contributed by atoms with E-state index in [0.29, 0.717) is 0 Å². The van der Waals surface area contributed by atoms with Gasteiger partial charge in [-0.15, -0.1) is 0 Å². The largest absolute Gasteiger partial charge is 0.351 e. The van der Waals surface area contributed by atoms with Gasteiger partial charge in [-0.1, -0.05) is 0 Å². The van der Waals surface area contributed by atoms with Crippen LogP contribution in [0.1, 0.15) is 6.92 Å². The molecular formula is C5H4N2O2. The van der Waals surface area contributed by atoms with Gasteiger partial charge in [0.15, 0.2) is 5.54 Å². The summed E-state index contributed by atoms with van der Waals surface area (Å²) < 4.78 is 0. The second-order valence-electron chi connectivity index (χ2n) is 2.33. The number of imide groups is 1. The molecule has 0 aliphatic carbocycles. The molecule has 2 aliphatic rings. The highest BCUT2D eigenvalue weighted by atomic mass is 16.2. The number of amides is 3. The second kappa shape index (κ2) is 0.920. The molecule has 2 heterocycles. The third-order valence-electron chi connectivity index (χ3n) is 1.67. The van der Waals surface area contributed by atoms with E-state index in [0.717, 1.165) is 4.90 Å². The molecule has 0 radical (unpaired) electrons. The summed E-state index contributed by atoms with van der Waals surface area (Å²) in [4.78, 5) is 25.7. The fraction of sp³-hybridized carbons (Fsp3) is 0.400. The minimum atomic E-state index is -0.656. The van der Waals surface area contributed by atoms with E-state index in [2.05, 4.69) is 4.99 Å². The number of hydrogen-bond acceptors (Lipinski definition) is 2.